The summed E-state index contributed by atoms with van der Waals surface area (Å²) < 4.78 is 6.47. The van der Waals surface area contributed by atoms with Crippen molar-refractivity contribution >= 4 is 11.3 Å². The van der Waals surface area contributed by atoms with Gasteiger partial charge in [-0.25, -0.2) is 0 Å². The van der Waals surface area contributed by atoms with Crippen molar-refractivity contribution in [3.05, 3.63) is 57.3 Å². The second-order valence-corrected chi connectivity index (χ2v) is 7.42. The molecule has 0 spiro atoms. The molecule has 0 N–H and O–H groups in total. The van der Waals surface area contributed by atoms with Gasteiger partial charge in [-0.15, -0.1) is 11.3 Å². The maximum absolute atomic E-state index is 6.47. The minimum absolute atomic E-state index is 0.258. The average molecular weight is 299 g/mol. The Kier molecular flexibility index (Phi) is 3.37. The van der Waals surface area contributed by atoms with Crippen molar-refractivity contribution < 1.29 is 4.74 Å². The lowest BCUT2D eigenvalue weighted by Gasteiger charge is -2.18. The van der Waals surface area contributed by atoms with Crippen molar-refractivity contribution in [2.75, 3.05) is 20.6 Å². The van der Waals surface area contributed by atoms with Crippen molar-refractivity contribution in [2.24, 2.45) is 0 Å². The van der Waals surface area contributed by atoms with E-state index in [-0.39, 0.29) is 6.10 Å². The first-order valence-corrected chi connectivity index (χ1v) is 8.54. The third-order valence-electron chi connectivity index (χ3n) is 4.66. The molecule has 3 atom stereocenters. The van der Waals surface area contributed by atoms with E-state index in [0.29, 0.717) is 12.0 Å². The predicted molar refractivity (Wildman–Crippen MR) is 87.1 cm³/mol. The van der Waals surface area contributed by atoms with Crippen LogP contribution in [0, 0.1) is 0 Å². The van der Waals surface area contributed by atoms with Gasteiger partial charge in [-0.1, -0.05) is 24.3 Å². The Balaban J connectivity index is 1.76. The van der Waals surface area contributed by atoms with E-state index in [1.165, 1.54) is 21.6 Å². The van der Waals surface area contributed by atoms with Gasteiger partial charge in [0.25, 0.3) is 0 Å². The van der Waals surface area contributed by atoms with Crippen LogP contribution in [-0.4, -0.2) is 31.6 Å². The predicted octanol–water partition coefficient (Wildman–Crippen LogP) is 3.83. The van der Waals surface area contributed by atoms with E-state index >= 15 is 0 Å². The van der Waals surface area contributed by atoms with Gasteiger partial charge in [0, 0.05) is 17.3 Å². The molecule has 2 nitrogen and oxygen atoms in total. The van der Waals surface area contributed by atoms with Crippen molar-refractivity contribution in [3.8, 4) is 0 Å². The van der Waals surface area contributed by atoms with E-state index in [9.17, 15) is 0 Å². The molecule has 110 valence electrons. The molecule has 1 saturated heterocycles. The molecule has 1 fully saturated rings. The lowest BCUT2D eigenvalue weighted by molar-refractivity contribution is 0.0290. The smallest absolute Gasteiger partial charge is 0.0993 e. The Morgan fingerprint density at radius 2 is 2.05 bits per heavy atom. The molecular formula is C18H21NOS. The van der Waals surface area contributed by atoms with Crippen LogP contribution in [0.15, 0.2) is 35.7 Å². The molecule has 1 aliphatic heterocycles. The molecule has 3 heteroatoms. The molecule has 4 rings (SSSR count). The van der Waals surface area contributed by atoms with Crippen LogP contribution in [0.25, 0.3) is 0 Å². The number of thiophene rings is 1. The summed E-state index contributed by atoms with van der Waals surface area (Å²) in [4.78, 5) is 3.69. The van der Waals surface area contributed by atoms with E-state index in [2.05, 4.69) is 54.7 Å². The maximum atomic E-state index is 6.47. The highest BCUT2D eigenvalue weighted by Crippen LogP contribution is 2.50. The number of benzene rings is 1. The fourth-order valence-electron chi connectivity index (χ4n) is 3.83. The van der Waals surface area contributed by atoms with E-state index in [4.69, 9.17) is 4.74 Å². The van der Waals surface area contributed by atoms with Crippen LogP contribution in [0.1, 0.15) is 40.0 Å². The van der Waals surface area contributed by atoms with E-state index in [1.807, 2.05) is 11.3 Å². The molecule has 1 aromatic carbocycles. The number of hydrogen-bond acceptors (Lipinski definition) is 3. The van der Waals surface area contributed by atoms with E-state index < -0.39 is 0 Å². The fraction of sp³-hybridized carbons (Fsp3) is 0.444. The Morgan fingerprint density at radius 3 is 2.90 bits per heavy atom. The zero-order valence-corrected chi connectivity index (χ0v) is 13.4. The van der Waals surface area contributed by atoms with Crippen molar-refractivity contribution in [2.45, 2.75) is 31.0 Å². The van der Waals surface area contributed by atoms with Crippen LogP contribution >= 0.6 is 11.3 Å². The Hall–Kier alpha value is -1.16. The lowest BCUT2D eigenvalue weighted by atomic mass is 9.88. The van der Waals surface area contributed by atoms with Crippen LogP contribution in [0.4, 0.5) is 0 Å². The first-order valence-electron chi connectivity index (χ1n) is 7.66. The highest BCUT2D eigenvalue weighted by atomic mass is 32.1. The fourth-order valence-corrected chi connectivity index (χ4v) is 4.85. The molecular weight excluding hydrogens is 278 g/mol. The van der Waals surface area contributed by atoms with Gasteiger partial charge in [-0.3, -0.25) is 0 Å². The molecule has 0 amide bonds. The highest BCUT2D eigenvalue weighted by Gasteiger charge is 2.41. The lowest BCUT2D eigenvalue weighted by Crippen LogP contribution is -2.25. The SMILES string of the molecule is CN(C)CC1CC2c3ccccc3Cc3ccsc3C2O1. The van der Waals surface area contributed by atoms with Crippen LogP contribution < -0.4 is 0 Å². The van der Waals surface area contributed by atoms with Crippen LogP contribution in [0.3, 0.4) is 0 Å². The van der Waals surface area contributed by atoms with Crippen LogP contribution in [0.5, 0.6) is 0 Å². The summed E-state index contributed by atoms with van der Waals surface area (Å²) in [6.07, 6.45) is 2.80. The minimum Gasteiger partial charge on any atom is -0.367 e. The number of likely N-dealkylation sites (N-methyl/N-ethyl adjacent to an activating group) is 1. The number of rotatable bonds is 2. The van der Waals surface area contributed by atoms with Gasteiger partial charge in [0.2, 0.25) is 0 Å². The third kappa shape index (κ3) is 2.33. The van der Waals surface area contributed by atoms with Gasteiger partial charge in [0.1, 0.15) is 0 Å². The average Bonchev–Trinajstić information content (AvgIpc) is 3.03. The second-order valence-electron chi connectivity index (χ2n) is 6.47. The molecule has 0 bridgehead atoms. The highest BCUT2D eigenvalue weighted by molar-refractivity contribution is 7.10. The molecule has 21 heavy (non-hydrogen) atoms. The minimum atomic E-state index is 0.258. The molecule has 2 aliphatic rings. The van der Waals surface area contributed by atoms with Gasteiger partial charge in [-0.05, 0) is 55.1 Å². The summed E-state index contributed by atoms with van der Waals surface area (Å²) in [5.41, 5.74) is 4.45. The monoisotopic (exact) mass is 299 g/mol. The summed E-state index contributed by atoms with van der Waals surface area (Å²) in [7, 11) is 4.25. The molecule has 1 aliphatic carbocycles. The topological polar surface area (TPSA) is 12.5 Å². The van der Waals surface area contributed by atoms with Crippen molar-refractivity contribution in [3.63, 3.8) is 0 Å². The van der Waals surface area contributed by atoms with Crippen LogP contribution in [-0.2, 0) is 11.2 Å². The third-order valence-corrected chi connectivity index (χ3v) is 5.69. The number of ether oxygens (including phenoxy) is 1. The molecule has 3 unspecified atom stereocenters. The molecule has 2 heterocycles. The van der Waals surface area contributed by atoms with E-state index in [1.54, 1.807) is 0 Å². The Labute approximate surface area is 130 Å². The van der Waals surface area contributed by atoms with Gasteiger partial charge >= 0.3 is 0 Å². The summed E-state index contributed by atoms with van der Waals surface area (Å²) in [5.74, 6) is 0.519. The van der Waals surface area contributed by atoms with Crippen molar-refractivity contribution in [1.82, 2.24) is 4.90 Å². The Morgan fingerprint density at radius 1 is 1.19 bits per heavy atom. The van der Waals surface area contributed by atoms with Crippen molar-refractivity contribution in [1.29, 1.82) is 0 Å². The van der Waals surface area contributed by atoms with Gasteiger partial charge in [0.15, 0.2) is 0 Å². The summed E-state index contributed by atoms with van der Waals surface area (Å²) in [6, 6.07) is 11.2. The first kappa shape index (κ1) is 13.5. The second kappa shape index (κ2) is 5.24. The first-order chi connectivity index (χ1) is 10.2. The number of fused-ring (bicyclic) bond motifs is 5. The van der Waals surface area contributed by atoms with Gasteiger partial charge in [-0.2, -0.15) is 0 Å². The normalized spacial score (nSPS) is 27.1. The summed E-state index contributed by atoms with van der Waals surface area (Å²) in [6.45, 7) is 1.01. The quantitative estimate of drug-likeness (QED) is 0.835. The van der Waals surface area contributed by atoms with Gasteiger partial charge in [0.05, 0.1) is 12.2 Å². The standard InChI is InChI=1S/C18H21NOS/c1-19(2)11-14-10-16-15-6-4-3-5-12(15)9-13-7-8-21-18(13)17(16)20-14/h3-8,14,16-17H,9-11H2,1-2H3. The summed E-state index contributed by atoms with van der Waals surface area (Å²) in [5, 5.41) is 2.22. The Bertz CT molecular complexity index is 648. The van der Waals surface area contributed by atoms with E-state index in [0.717, 1.165) is 19.4 Å². The van der Waals surface area contributed by atoms with Gasteiger partial charge < -0.3 is 9.64 Å². The molecule has 1 aromatic heterocycles. The zero-order chi connectivity index (χ0) is 14.4. The zero-order valence-electron chi connectivity index (χ0n) is 12.6. The number of nitrogens with zero attached hydrogens (tertiary/aromatic N) is 1. The number of hydrogen-bond donors (Lipinski definition) is 0. The van der Waals surface area contributed by atoms with Crippen LogP contribution in [0.2, 0.25) is 0 Å². The molecule has 0 saturated carbocycles. The largest absolute Gasteiger partial charge is 0.367 e. The molecule has 2 aromatic rings. The molecule has 0 radical (unpaired) electrons. The maximum Gasteiger partial charge on any atom is 0.0993 e. The summed E-state index contributed by atoms with van der Waals surface area (Å²) >= 11 is 1.87.